The van der Waals surface area contributed by atoms with Crippen molar-refractivity contribution in [1.82, 2.24) is 5.32 Å². The van der Waals surface area contributed by atoms with Gasteiger partial charge in [-0.1, -0.05) is 51.1 Å². The van der Waals surface area contributed by atoms with Crippen molar-refractivity contribution in [3.05, 3.63) is 70.3 Å². The molecule has 0 aliphatic heterocycles. The Balaban J connectivity index is 1.70. The lowest BCUT2D eigenvalue weighted by Gasteiger charge is -2.21. The van der Waals surface area contributed by atoms with E-state index in [4.69, 9.17) is 0 Å². The van der Waals surface area contributed by atoms with Crippen molar-refractivity contribution in [2.75, 3.05) is 0 Å². The third-order valence-electron chi connectivity index (χ3n) is 5.23. The van der Waals surface area contributed by atoms with Crippen LogP contribution in [0.5, 0.6) is 0 Å². The summed E-state index contributed by atoms with van der Waals surface area (Å²) in [5, 5.41) is 3.14. The smallest absolute Gasteiger partial charge is 0.251 e. The summed E-state index contributed by atoms with van der Waals surface area (Å²) in [7, 11) is 0. The first-order chi connectivity index (χ1) is 11.8. The van der Waals surface area contributed by atoms with Gasteiger partial charge in [-0.2, -0.15) is 0 Å². The van der Waals surface area contributed by atoms with Gasteiger partial charge in [0.15, 0.2) is 0 Å². The largest absolute Gasteiger partial charge is 0.346 e. The number of amides is 1. The van der Waals surface area contributed by atoms with Crippen molar-refractivity contribution in [3.63, 3.8) is 0 Å². The zero-order valence-electron chi connectivity index (χ0n) is 15.9. The van der Waals surface area contributed by atoms with Crippen molar-refractivity contribution >= 4 is 5.91 Å². The third kappa shape index (κ3) is 4.12. The molecule has 2 aromatic rings. The monoisotopic (exact) mass is 335 g/mol. The van der Waals surface area contributed by atoms with Crippen molar-refractivity contribution in [2.24, 2.45) is 0 Å². The van der Waals surface area contributed by atoms with Gasteiger partial charge in [0.1, 0.15) is 0 Å². The van der Waals surface area contributed by atoms with E-state index >= 15 is 0 Å². The molecular weight excluding hydrogens is 306 g/mol. The van der Waals surface area contributed by atoms with Crippen LogP contribution in [-0.4, -0.2) is 5.91 Å². The molecule has 2 nitrogen and oxygen atoms in total. The second-order valence-electron chi connectivity index (χ2n) is 8.26. The molecule has 1 N–H and O–H groups in total. The first kappa shape index (κ1) is 17.7. The molecule has 0 saturated carbocycles. The second kappa shape index (κ2) is 7.03. The van der Waals surface area contributed by atoms with E-state index in [1.54, 1.807) is 0 Å². The van der Waals surface area contributed by atoms with Gasteiger partial charge >= 0.3 is 0 Å². The van der Waals surface area contributed by atoms with E-state index in [0.29, 0.717) is 0 Å². The fourth-order valence-electron chi connectivity index (χ4n) is 3.51. The van der Waals surface area contributed by atoms with Crippen LogP contribution in [0.1, 0.15) is 79.2 Å². The summed E-state index contributed by atoms with van der Waals surface area (Å²) in [4.78, 5) is 12.6. The summed E-state index contributed by atoms with van der Waals surface area (Å²) in [6, 6.07) is 14.8. The van der Waals surface area contributed by atoms with Crippen LogP contribution in [0.4, 0.5) is 0 Å². The van der Waals surface area contributed by atoms with Crippen molar-refractivity contribution < 1.29 is 4.79 Å². The van der Waals surface area contributed by atoms with Crippen LogP contribution in [0.25, 0.3) is 0 Å². The second-order valence-corrected chi connectivity index (χ2v) is 8.26. The maximum Gasteiger partial charge on any atom is 0.251 e. The van der Waals surface area contributed by atoms with E-state index in [9.17, 15) is 4.79 Å². The van der Waals surface area contributed by atoms with E-state index < -0.39 is 0 Å². The zero-order chi connectivity index (χ0) is 18.0. The summed E-state index contributed by atoms with van der Waals surface area (Å²) in [5.74, 6) is 0.0146. The van der Waals surface area contributed by atoms with E-state index in [0.717, 1.165) is 24.0 Å². The number of aryl methyl sites for hydroxylation is 2. The summed E-state index contributed by atoms with van der Waals surface area (Å²) in [6.07, 6.45) is 4.74. The lowest BCUT2D eigenvalue weighted by Crippen LogP contribution is -2.27. The normalized spacial score (nSPS) is 15.4. The van der Waals surface area contributed by atoms with Crippen LogP contribution in [0.2, 0.25) is 0 Å². The number of benzene rings is 2. The number of nitrogens with one attached hydrogen (secondary N) is 1. The molecule has 0 unspecified atom stereocenters. The Hall–Kier alpha value is -2.09. The average molecular weight is 335 g/mol. The van der Waals surface area contributed by atoms with Gasteiger partial charge in [-0.3, -0.25) is 4.79 Å². The maximum absolute atomic E-state index is 12.6. The minimum absolute atomic E-state index is 0.00227. The molecule has 1 atom stereocenters. The SMILES string of the molecule is C[C@@H](NC(=O)c1ccc2c(c1)CCCC2)c1ccc(C(C)(C)C)cc1. The third-order valence-corrected chi connectivity index (χ3v) is 5.23. The Labute approximate surface area is 151 Å². The number of hydrogen-bond donors (Lipinski definition) is 1. The number of fused-ring (bicyclic) bond motifs is 1. The molecule has 1 aliphatic carbocycles. The van der Waals surface area contributed by atoms with Gasteiger partial charge < -0.3 is 5.32 Å². The van der Waals surface area contributed by atoms with Crippen molar-refractivity contribution in [1.29, 1.82) is 0 Å². The Morgan fingerprint density at radius 1 is 0.960 bits per heavy atom. The van der Waals surface area contributed by atoms with Gasteiger partial charge in [0.05, 0.1) is 6.04 Å². The molecule has 132 valence electrons. The molecule has 0 heterocycles. The fraction of sp³-hybridized carbons (Fsp3) is 0.435. The van der Waals surface area contributed by atoms with Gasteiger partial charge in [0.2, 0.25) is 0 Å². The van der Waals surface area contributed by atoms with Gasteiger partial charge in [-0.25, -0.2) is 0 Å². The number of carbonyl (C=O) groups excluding carboxylic acids is 1. The number of rotatable bonds is 3. The predicted octanol–water partition coefficient (Wildman–Crippen LogP) is 5.35. The molecule has 3 rings (SSSR count). The Bertz CT molecular complexity index is 753. The molecule has 0 fully saturated rings. The molecule has 2 aromatic carbocycles. The van der Waals surface area contributed by atoms with Crippen molar-refractivity contribution in [3.8, 4) is 0 Å². The summed E-state index contributed by atoms with van der Waals surface area (Å²) in [5.41, 5.74) is 6.13. The van der Waals surface area contributed by atoms with Gasteiger partial charge in [0.25, 0.3) is 5.91 Å². The highest BCUT2D eigenvalue weighted by molar-refractivity contribution is 5.94. The van der Waals surface area contributed by atoms with E-state index in [2.05, 4.69) is 62.5 Å². The quantitative estimate of drug-likeness (QED) is 0.804. The molecule has 0 aromatic heterocycles. The Morgan fingerprint density at radius 2 is 1.60 bits per heavy atom. The molecule has 0 bridgehead atoms. The Morgan fingerprint density at radius 3 is 2.24 bits per heavy atom. The molecule has 1 amide bonds. The van der Waals surface area contributed by atoms with Crippen LogP contribution < -0.4 is 5.32 Å². The molecule has 2 heteroatoms. The predicted molar refractivity (Wildman–Crippen MR) is 104 cm³/mol. The van der Waals surface area contributed by atoms with Crippen LogP contribution in [-0.2, 0) is 18.3 Å². The zero-order valence-corrected chi connectivity index (χ0v) is 15.9. The highest BCUT2D eigenvalue weighted by atomic mass is 16.1. The molecule has 25 heavy (non-hydrogen) atoms. The van der Waals surface area contributed by atoms with E-state index in [1.807, 2.05) is 13.0 Å². The molecule has 1 aliphatic rings. The molecular formula is C23H29NO. The standard InChI is InChI=1S/C23H29NO/c1-16(17-11-13-21(14-12-17)23(2,3)4)24-22(25)20-10-9-18-7-5-6-8-19(18)15-20/h9-16H,5-8H2,1-4H3,(H,24,25)/t16-/m1/s1. The van der Waals surface area contributed by atoms with Crippen LogP contribution in [0, 0.1) is 0 Å². The topological polar surface area (TPSA) is 29.1 Å². The number of carbonyl (C=O) groups is 1. The minimum Gasteiger partial charge on any atom is -0.346 e. The lowest BCUT2D eigenvalue weighted by atomic mass is 9.86. The Kier molecular flexibility index (Phi) is 4.99. The van der Waals surface area contributed by atoms with E-state index in [-0.39, 0.29) is 17.4 Å². The highest BCUT2D eigenvalue weighted by Crippen LogP contribution is 2.25. The van der Waals surface area contributed by atoms with Gasteiger partial charge in [-0.15, -0.1) is 0 Å². The van der Waals surface area contributed by atoms with E-state index in [1.165, 1.54) is 29.5 Å². The first-order valence-electron chi connectivity index (χ1n) is 9.38. The van der Waals surface area contributed by atoms with Gasteiger partial charge in [-0.05, 0) is 72.4 Å². The van der Waals surface area contributed by atoms with Crippen molar-refractivity contribution in [2.45, 2.75) is 64.8 Å². The summed E-state index contributed by atoms with van der Waals surface area (Å²) < 4.78 is 0. The number of hydrogen-bond acceptors (Lipinski definition) is 1. The first-order valence-corrected chi connectivity index (χ1v) is 9.38. The maximum atomic E-state index is 12.6. The molecule has 0 spiro atoms. The minimum atomic E-state index is -0.00227. The van der Waals surface area contributed by atoms with Crippen LogP contribution in [0.15, 0.2) is 42.5 Å². The fourth-order valence-corrected chi connectivity index (χ4v) is 3.51. The van der Waals surface area contributed by atoms with Gasteiger partial charge in [0, 0.05) is 5.56 Å². The van der Waals surface area contributed by atoms with Crippen LogP contribution in [0.3, 0.4) is 0 Å². The summed E-state index contributed by atoms with van der Waals surface area (Å²) in [6.45, 7) is 8.68. The molecule has 0 saturated heterocycles. The summed E-state index contributed by atoms with van der Waals surface area (Å²) >= 11 is 0. The molecule has 0 radical (unpaired) electrons. The van der Waals surface area contributed by atoms with Crippen LogP contribution >= 0.6 is 0 Å². The highest BCUT2D eigenvalue weighted by Gasteiger charge is 2.17. The average Bonchev–Trinajstić information content (AvgIpc) is 2.60. The lowest BCUT2D eigenvalue weighted by molar-refractivity contribution is 0.0939.